The van der Waals surface area contributed by atoms with Crippen LogP contribution in [0, 0.1) is 15.9 Å². The third-order valence-electron chi connectivity index (χ3n) is 4.20. The number of nitro benzene ring substituents is 1. The summed E-state index contributed by atoms with van der Waals surface area (Å²) in [6.07, 6.45) is 1.17. The van der Waals surface area contributed by atoms with E-state index in [9.17, 15) is 27.5 Å². The van der Waals surface area contributed by atoms with E-state index in [0.717, 1.165) is 12.1 Å². The fourth-order valence-corrected chi connectivity index (χ4v) is 4.00. The van der Waals surface area contributed by atoms with Crippen LogP contribution >= 0.6 is 27.5 Å². The van der Waals surface area contributed by atoms with Crippen LogP contribution < -0.4 is 10.1 Å². The number of ether oxygens (including phenoxy) is 1. The van der Waals surface area contributed by atoms with Gasteiger partial charge in [-0.1, -0.05) is 33.6 Å². The average molecular weight is 571 g/mol. The predicted octanol–water partition coefficient (Wildman–Crippen LogP) is 6.83. The molecule has 180 valence electrons. The molecule has 0 spiro atoms. The maximum Gasteiger partial charge on any atom is 0.387 e. The van der Waals surface area contributed by atoms with Crippen molar-refractivity contribution in [2.24, 2.45) is 4.40 Å². The number of halogens is 5. The lowest BCUT2D eigenvalue weighted by Gasteiger charge is -2.23. The van der Waals surface area contributed by atoms with Crippen molar-refractivity contribution < 1.29 is 27.0 Å². The summed E-state index contributed by atoms with van der Waals surface area (Å²) < 4.78 is 61.3. The van der Waals surface area contributed by atoms with Crippen molar-refractivity contribution >= 4 is 56.1 Å². The van der Waals surface area contributed by atoms with Crippen molar-refractivity contribution in [3.63, 3.8) is 0 Å². The van der Waals surface area contributed by atoms with Gasteiger partial charge in [-0.15, -0.1) is 0 Å². The normalized spacial score (nSPS) is 13.8. The number of benzene rings is 2. The second-order valence-electron chi connectivity index (χ2n) is 7.62. The lowest BCUT2D eigenvalue weighted by molar-refractivity contribution is -0.384. The first-order chi connectivity index (χ1) is 15.3. The van der Waals surface area contributed by atoms with E-state index in [-0.39, 0.29) is 22.8 Å². The van der Waals surface area contributed by atoms with Crippen LogP contribution in [0.15, 0.2) is 39.2 Å². The van der Waals surface area contributed by atoms with Gasteiger partial charge < -0.3 is 10.1 Å². The molecule has 0 aliphatic rings. The molecule has 1 unspecified atom stereocenters. The molecule has 2 aromatic rings. The molecule has 0 heterocycles. The molecule has 0 saturated heterocycles. The van der Waals surface area contributed by atoms with Gasteiger partial charge in [0.15, 0.2) is 11.5 Å². The van der Waals surface area contributed by atoms with E-state index in [1.165, 1.54) is 24.4 Å². The molecule has 33 heavy (non-hydrogen) atoms. The maximum absolute atomic E-state index is 14.8. The Hall–Kier alpha value is -2.18. The summed E-state index contributed by atoms with van der Waals surface area (Å²) in [5, 5.41) is 13.8. The van der Waals surface area contributed by atoms with E-state index >= 15 is 0 Å². The molecule has 0 aromatic heterocycles. The number of anilines is 1. The van der Waals surface area contributed by atoms with Crippen LogP contribution in [0.1, 0.15) is 38.8 Å². The van der Waals surface area contributed by atoms with Crippen LogP contribution in [-0.4, -0.2) is 26.7 Å². The smallest absolute Gasteiger partial charge is 0.387 e. The highest BCUT2D eigenvalue weighted by molar-refractivity contribution is 9.10. The van der Waals surface area contributed by atoms with Gasteiger partial charge in [0, 0.05) is 28.7 Å². The summed E-state index contributed by atoms with van der Waals surface area (Å²) in [5.74, 6) is -1.33. The Labute approximate surface area is 204 Å². The summed E-state index contributed by atoms with van der Waals surface area (Å²) in [7, 11) is -1.62. The Morgan fingerprint density at radius 3 is 2.58 bits per heavy atom. The zero-order valence-corrected chi connectivity index (χ0v) is 20.8. The Kier molecular flexibility index (Phi) is 9.27. The van der Waals surface area contributed by atoms with Gasteiger partial charge in [0.2, 0.25) is 0 Å². The third kappa shape index (κ3) is 7.15. The minimum absolute atomic E-state index is 0.104. The highest BCUT2D eigenvalue weighted by atomic mass is 79.9. The van der Waals surface area contributed by atoms with Crippen LogP contribution in [-0.2, 0) is 11.0 Å². The minimum atomic E-state index is -3.15. The monoisotopic (exact) mass is 569 g/mol. The van der Waals surface area contributed by atoms with Gasteiger partial charge in [-0.2, -0.15) is 13.2 Å². The number of rotatable bonds is 9. The SMILES string of the molecule is CC(C)(C)S(=O)N=CC[C@@H](Nc1c([N+](=O)[O-])ccc(Cl)c1F)c1c(Br)cccc1OC(F)F. The molecule has 2 atom stereocenters. The first-order valence-electron chi connectivity index (χ1n) is 9.39. The zero-order chi connectivity index (χ0) is 24.9. The summed E-state index contributed by atoms with van der Waals surface area (Å²) in [5.41, 5.74) is -1.03. The predicted molar refractivity (Wildman–Crippen MR) is 126 cm³/mol. The van der Waals surface area contributed by atoms with Crippen molar-refractivity contribution in [1.82, 2.24) is 0 Å². The van der Waals surface area contributed by atoms with Gasteiger partial charge >= 0.3 is 6.61 Å². The minimum Gasteiger partial charge on any atom is -0.434 e. The van der Waals surface area contributed by atoms with Crippen molar-refractivity contribution in [1.29, 1.82) is 0 Å². The van der Waals surface area contributed by atoms with E-state index in [1.807, 2.05) is 0 Å². The highest BCUT2D eigenvalue weighted by Crippen LogP contribution is 2.40. The molecule has 1 N–H and O–H groups in total. The third-order valence-corrected chi connectivity index (χ3v) is 6.57. The lowest BCUT2D eigenvalue weighted by atomic mass is 10.0. The Morgan fingerprint density at radius 1 is 1.33 bits per heavy atom. The molecule has 0 aliphatic heterocycles. The fourth-order valence-electron chi connectivity index (χ4n) is 2.68. The quantitative estimate of drug-likeness (QED) is 0.203. The second kappa shape index (κ2) is 11.3. The molecular formula is C20H20BrClF3N3O4S. The van der Waals surface area contributed by atoms with Gasteiger partial charge in [0.25, 0.3) is 5.69 Å². The number of alkyl halides is 2. The molecule has 0 amide bonds. The van der Waals surface area contributed by atoms with Crippen molar-refractivity contribution in [3.05, 3.63) is 61.3 Å². The van der Waals surface area contributed by atoms with Gasteiger partial charge in [-0.25, -0.2) is 8.60 Å². The van der Waals surface area contributed by atoms with Gasteiger partial charge in [0.1, 0.15) is 16.7 Å². The molecule has 2 aromatic carbocycles. The van der Waals surface area contributed by atoms with Gasteiger partial charge in [-0.3, -0.25) is 10.1 Å². The largest absolute Gasteiger partial charge is 0.434 e. The molecule has 0 saturated carbocycles. The molecule has 0 fully saturated rings. The van der Waals surface area contributed by atoms with E-state index < -0.39 is 50.5 Å². The Balaban J connectivity index is 2.59. The molecule has 7 nitrogen and oxygen atoms in total. The molecule has 13 heteroatoms. The summed E-state index contributed by atoms with van der Waals surface area (Å²) in [6.45, 7) is 1.98. The number of hydrogen-bond donors (Lipinski definition) is 1. The summed E-state index contributed by atoms with van der Waals surface area (Å²) in [6, 6.07) is 5.26. The molecule has 0 aliphatic carbocycles. The number of nitro groups is 1. The number of nitrogens with one attached hydrogen (secondary N) is 1. The van der Waals surface area contributed by atoms with Crippen LogP contribution in [0.4, 0.5) is 24.5 Å². The van der Waals surface area contributed by atoms with Gasteiger partial charge in [0.05, 0.1) is 20.7 Å². The summed E-state index contributed by atoms with van der Waals surface area (Å²) >= 11 is 9.07. The number of hydrogen-bond acceptors (Lipinski definition) is 5. The van der Waals surface area contributed by atoms with Crippen molar-refractivity contribution in [2.45, 2.75) is 44.6 Å². The molecular weight excluding hydrogens is 551 g/mol. The van der Waals surface area contributed by atoms with E-state index in [1.54, 1.807) is 20.8 Å². The molecule has 0 bridgehead atoms. The van der Waals surface area contributed by atoms with E-state index in [2.05, 4.69) is 30.4 Å². The van der Waals surface area contributed by atoms with E-state index in [0.29, 0.717) is 4.47 Å². The Morgan fingerprint density at radius 2 is 2.00 bits per heavy atom. The van der Waals surface area contributed by atoms with Crippen molar-refractivity contribution in [2.75, 3.05) is 5.32 Å². The Bertz CT molecular complexity index is 1080. The lowest BCUT2D eigenvalue weighted by Crippen LogP contribution is -2.20. The summed E-state index contributed by atoms with van der Waals surface area (Å²) in [4.78, 5) is 10.6. The van der Waals surface area contributed by atoms with E-state index in [4.69, 9.17) is 11.6 Å². The number of nitrogens with zero attached hydrogens (tertiary/aromatic N) is 2. The van der Waals surface area contributed by atoms with Gasteiger partial charge in [-0.05, 0) is 39.0 Å². The fraction of sp³-hybridized carbons (Fsp3) is 0.350. The van der Waals surface area contributed by atoms with Crippen LogP contribution in [0.25, 0.3) is 0 Å². The van der Waals surface area contributed by atoms with Crippen LogP contribution in [0.5, 0.6) is 5.75 Å². The second-order valence-corrected chi connectivity index (χ2v) is 10.8. The van der Waals surface area contributed by atoms with Crippen LogP contribution in [0.3, 0.4) is 0 Å². The standard InChI is InChI=1S/C20H20BrClF3N3O4S/c1-20(2,3)33(31)26-10-9-13(16-11(21)5-4-6-15(16)32-19(24)25)27-18-14(28(29)30)8-7-12(22)17(18)23/h4-8,10,13,19,27H,9H2,1-3H3/t13-,33?/m1/s1. The first kappa shape index (κ1) is 27.1. The first-order valence-corrected chi connectivity index (χ1v) is 11.7. The average Bonchev–Trinajstić information content (AvgIpc) is 2.69. The van der Waals surface area contributed by atoms with Crippen molar-refractivity contribution in [3.8, 4) is 5.75 Å². The highest BCUT2D eigenvalue weighted by Gasteiger charge is 2.27. The zero-order valence-electron chi connectivity index (χ0n) is 17.7. The molecule has 2 rings (SSSR count). The topological polar surface area (TPSA) is 93.8 Å². The molecule has 0 radical (unpaired) electrons. The maximum atomic E-state index is 14.8. The van der Waals surface area contributed by atoms with Crippen LogP contribution in [0.2, 0.25) is 5.02 Å².